The first-order chi connectivity index (χ1) is 15.5. The van der Waals surface area contributed by atoms with Crippen LogP contribution in [0.1, 0.15) is 34.8 Å². The smallest absolute Gasteiger partial charge is 0.275 e. The molecule has 1 saturated heterocycles. The van der Waals surface area contributed by atoms with Crippen LogP contribution in [-0.2, 0) is 4.79 Å². The van der Waals surface area contributed by atoms with E-state index in [2.05, 4.69) is 26.6 Å². The Kier molecular flexibility index (Phi) is 6.50. The van der Waals surface area contributed by atoms with E-state index < -0.39 is 5.54 Å². The Morgan fingerprint density at radius 1 is 1.28 bits per heavy atom. The van der Waals surface area contributed by atoms with Crippen LogP contribution < -0.4 is 21.3 Å². The summed E-state index contributed by atoms with van der Waals surface area (Å²) in [5.74, 6) is 0.243. The lowest BCUT2D eigenvalue weighted by atomic mass is 9.86. The molecule has 4 N–H and O–H groups in total. The highest BCUT2D eigenvalue weighted by Gasteiger charge is 2.38. The molecule has 32 heavy (non-hydrogen) atoms. The number of para-hydroxylation sites is 2. The van der Waals surface area contributed by atoms with Crippen molar-refractivity contribution in [1.29, 1.82) is 5.26 Å². The molecule has 1 fully saturated rings. The minimum absolute atomic E-state index is 0.288. The van der Waals surface area contributed by atoms with Crippen molar-refractivity contribution in [2.75, 3.05) is 36.1 Å². The lowest BCUT2D eigenvalue weighted by Crippen LogP contribution is -2.59. The average molecular weight is 469 g/mol. The van der Waals surface area contributed by atoms with Crippen molar-refractivity contribution in [3.05, 3.63) is 45.3 Å². The number of piperidine rings is 1. The van der Waals surface area contributed by atoms with Crippen LogP contribution in [0.25, 0.3) is 5.57 Å². The molecule has 10 heteroatoms. The normalized spacial score (nSPS) is 17.8. The molecule has 0 spiro atoms. The SMILES string of the molecule is CNC1(C(N)=O)CCN(c2ccccc2NC(=O)c2csc(C3=C(C#N)SCC3)n2)CC1. The first-order valence-corrected chi connectivity index (χ1v) is 12.2. The van der Waals surface area contributed by atoms with Gasteiger partial charge in [-0.25, -0.2) is 4.98 Å². The fourth-order valence-electron chi connectivity index (χ4n) is 4.07. The van der Waals surface area contributed by atoms with Gasteiger partial charge in [-0.2, -0.15) is 5.26 Å². The summed E-state index contributed by atoms with van der Waals surface area (Å²) < 4.78 is 0. The number of amides is 2. The zero-order chi connectivity index (χ0) is 22.7. The van der Waals surface area contributed by atoms with E-state index in [1.54, 1.807) is 12.4 Å². The predicted octanol–water partition coefficient (Wildman–Crippen LogP) is 2.81. The number of nitrogens with zero attached hydrogens (tertiary/aromatic N) is 3. The molecule has 3 heterocycles. The molecule has 2 aromatic rings. The molecule has 0 unspecified atom stereocenters. The predicted molar refractivity (Wildman–Crippen MR) is 129 cm³/mol. The number of anilines is 2. The minimum Gasteiger partial charge on any atom is -0.370 e. The van der Waals surface area contributed by atoms with Crippen LogP contribution in [-0.4, -0.2) is 48.2 Å². The molecule has 4 rings (SSSR count). The Bertz CT molecular complexity index is 1110. The van der Waals surface area contributed by atoms with Crippen molar-refractivity contribution >= 4 is 51.9 Å². The summed E-state index contributed by atoms with van der Waals surface area (Å²) in [6.45, 7) is 1.28. The van der Waals surface area contributed by atoms with Gasteiger partial charge < -0.3 is 21.3 Å². The number of nitrogens with one attached hydrogen (secondary N) is 2. The third kappa shape index (κ3) is 4.24. The highest BCUT2D eigenvalue weighted by molar-refractivity contribution is 8.03. The van der Waals surface area contributed by atoms with Crippen molar-refractivity contribution in [1.82, 2.24) is 10.3 Å². The van der Waals surface area contributed by atoms with Crippen LogP contribution in [0.5, 0.6) is 0 Å². The van der Waals surface area contributed by atoms with Crippen LogP contribution in [0.15, 0.2) is 34.6 Å². The Morgan fingerprint density at radius 2 is 2.03 bits per heavy atom. The number of nitriles is 1. The first-order valence-electron chi connectivity index (χ1n) is 10.3. The van der Waals surface area contributed by atoms with Gasteiger partial charge in [-0.3, -0.25) is 9.59 Å². The van der Waals surface area contributed by atoms with Gasteiger partial charge >= 0.3 is 0 Å². The topological polar surface area (TPSA) is 124 Å². The third-order valence-electron chi connectivity index (χ3n) is 6.03. The number of primary amides is 1. The molecule has 2 amide bonds. The molecule has 8 nitrogen and oxygen atoms in total. The summed E-state index contributed by atoms with van der Waals surface area (Å²) in [5, 5.41) is 17.8. The van der Waals surface area contributed by atoms with Gasteiger partial charge in [-0.1, -0.05) is 12.1 Å². The van der Waals surface area contributed by atoms with Gasteiger partial charge in [0.15, 0.2) is 0 Å². The molecule has 0 atom stereocenters. The number of thiazole rings is 1. The number of benzene rings is 1. The summed E-state index contributed by atoms with van der Waals surface area (Å²) in [5.41, 5.74) is 7.77. The van der Waals surface area contributed by atoms with E-state index in [9.17, 15) is 14.9 Å². The van der Waals surface area contributed by atoms with Crippen molar-refractivity contribution in [2.24, 2.45) is 5.73 Å². The quantitative estimate of drug-likeness (QED) is 0.595. The highest BCUT2D eigenvalue weighted by Crippen LogP contribution is 2.38. The van der Waals surface area contributed by atoms with Gasteiger partial charge in [0, 0.05) is 29.8 Å². The van der Waals surface area contributed by atoms with E-state index in [0.717, 1.165) is 28.4 Å². The first kappa shape index (κ1) is 22.3. The van der Waals surface area contributed by atoms with Crippen molar-refractivity contribution < 1.29 is 9.59 Å². The Hall–Kier alpha value is -2.87. The number of allylic oxidation sites excluding steroid dienone is 2. The fourth-order valence-corrected chi connectivity index (χ4v) is 5.96. The number of hydrogen-bond donors (Lipinski definition) is 3. The Morgan fingerprint density at radius 3 is 2.72 bits per heavy atom. The zero-order valence-corrected chi connectivity index (χ0v) is 19.3. The van der Waals surface area contributed by atoms with E-state index in [-0.39, 0.29) is 11.8 Å². The maximum absolute atomic E-state index is 12.9. The van der Waals surface area contributed by atoms with Gasteiger partial charge in [-0.15, -0.1) is 23.1 Å². The number of likely N-dealkylation sites (N-methyl/N-ethyl adjacent to an activating group) is 1. The number of rotatable bonds is 6. The van der Waals surface area contributed by atoms with Crippen LogP contribution in [0.4, 0.5) is 11.4 Å². The molecule has 0 aliphatic carbocycles. The highest BCUT2D eigenvalue weighted by atomic mass is 32.2. The van der Waals surface area contributed by atoms with Crippen LogP contribution >= 0.6 is 23.1 Å². The van der Waals surface area contributed by atoms with Gasteiger partial charge in [0.05, 0.1) is 16.3 Å². The maximum Gasteiger partial charge on any atom is 0.275 e. The van der Waals surface area contributed by atoms with Crippen LogP contribution in [0, 0.1) is 11.3 Å². The molecule has 0 radical (unpaired) electrons. The Labute approximate surface area is 194 Å². The number of aromatic nitrogens is 1. The number of carbonyl (C=O) groups excluding carboxylic acids is 2. The van der Waals surface area contributed by atoms with E-state index in [0.29, 0.717) is 42.2 Å². The second-order valence-electron chi connectivity index (χ2n) is 7.71. The molecule has 2 aliphatic rings. The van der Waals surface area contributed by atoms with Gasteiger partial charge in [0.1, 0.15) is 22.3 Å². The van der Waals surface area contributed by atoms with E-state index in [1.165, 1.54) is 23.1 Å². The van der Waals surface area contributed by atoms with E-state index in [4.69, 9.17) is 5.73 Å². The minimum atomic E-state index is -0.693. The number of hydrogen-bond acceptors (Lipinski definition) is 8. The van der Waals surface area contributed by atoms with Gasteiger partial charge in [0.2, 0.25) is 5.91 Å². The Balaban J connectivity index is 1.49. The number of carbonyl (C=O) groups is 2. The second kappa shape index (κ2) is 9.32. The summed E-state index contributed by atoms with van der Waals surface area (Å²) in [6.07, 6.45) is 1.97. The number of thioether (sulfide) groups is 1. The summed E-state index contributed by atoms with van der Waals surface area (Å²) in [4.78, 5) is 32.2. The second-order valence-corrected chi connectivity index (χ2v) is 9.67. The van der Waals surface area contributed by atoms with E-state index >= 15 is 0 Å². The molecular formula is C22H24N6O2S2. The average Bonchev–Trinajstić information content (AvgIpc) is 3.48. The lowest BCUT2D eigenvalue weighted by Gasteiger charge is -2.41. The van der Waals surface area contributed by atoms with Crippen molar-refractivity contribution in [3.8, 4) is 6.07 Å². The monoisotopic (exact) mass is 468 g/mol. The third-order valence-corrected chi connectivity index (χ3v) is 7.97. The molecule has 1 aromatic carbocycles. The largest absolute Gasteiger partial charge is 0.370 e. The molecule has 0 bridgehead atoms. The van der Waals surface area contributed by atoms with Crippen LogP contribution in [0.2, 0.25) is 0 Å². The standard InChI is InChI=1S/C22H24N6O2S2/c1-25-22(21(24)30)7-9-28(10-8-22)17-5-3-2-4-15(17)26-19(29)16-13-32-20(27-16)14-6-11-31-18(14)12-23/h2-5,13,25H,6-11H2,1H3,(H2,24,30)(H,26,29). The van der Waals surface area contributed by atoms with Gasteiger partial charge in [-0.05, 0) is 38.4 Å². The summed E-state index contributed by atoms with van der Waals surface area (Å²) >= 11 is 2.92. The van der Waals surface area contributed by atoms with Gasteiger partial charge in [0.25, 0.3) is 5.91 Å². The molecule has 0 saturated carbocycles. The fraction of sp³-hybridized carbons (Fsp3) is 0.364. The zero-order valence-electron chi connectivity index (χ0n) is 17.7. The summed E-state index contributed by atoms with van der Waals surface area (Å²) in [7, 11) is 1.76. The maximum atomic E-state index is 12.9. The van der Waals surface area contributed by atoms with Crippen molar-refractivity contribution in [2.45, 2.75) is 24.8 Å². The summed E-state index contributed by atoms with van der Waals surface area (Å²) in [6, 6.07) is 9.83. The lowest BCUT2D eigenvalue weighted by molar-refractivity contribution is -0.125. The molecular weight excluding hydrogens is 444 g/mol. The molecule has 2 aliphatic heterocycles. The number of nitrogens with two attached hydrogens (primary N) is 1. The van der Waals surface area contributed by atoms with E-state index in [1.807, 2.05) is 24.3 Å². The van der Waals surface area contributed by atoms with Crippen LogP contribution in [0.3, 0.4) is 0 Å². The van der Waals surface area contributed by atoms with Crippen molar-refractivity contribution in [3.63, 3.8) is 0 Å². The molecule has 1 aromatic heterocycles. The molecule has 166 valence electrons.